The Hall–Kier alpha value is -1.61. The number of benzene rings is 1. The molecule has 0 saturated carbocycles. The van der Waals surface area contributed by atoms with E-state index in [1.807, 2.05) is 71.9 Å². The van der Waals surface area contributed by atoms with Crippen LogP contribution in [-0.2, 0) is 10.8 Å². The maximum absolute atomic E-state index is 12.0. The minimum atomic E-state index is -0.921. The van der Waals surface area contributed by atoms with Crippen molar-refractivity contribution in [1.29, 1.82) is 0 Å². The largest absolute Gasteiger partial charge is 0.353 e. The number of hydrogen-bond acceptors (Lipinski definition) is 2. The predicted octanol–water partition coefficient (Wildman–Crippen LogP) is 2.69. The van der Waals surface area contributed by atoms with Crippen molar-refractivity contribution in [3.05, 3.63) is 67.0 Å². The topological polar surface area (TPSA) is 20.3 Å². The summed E-state index contributed by atoms with van der Waals surface area (Å²) in [5.41, 5.74) is 0. The molecule has 0 aliphatic carbocycles. The molecule has 0 saturated heterocycles. The minimum absolute atomic E-state index is 0.638. The fourth-order valence-corrected chi connectivity index (χ4v) is 2.60. The number of rotatable bonds is 4. The van der Waals surface area contributed by atoms with Crippen molar-refractivity contribution < 1.29 is 4.21 Å². The second kappa shape index (κ2) is 6.21. The molecule has 1 aliphatic rings. The Labute approximate surface area is 104 Å². The van der Waals surface area contributed by atoms with E-state index in [4.69, 9.17) is 0 Å². The van der Waals surface area contributed by atoms with E-state index in [1.165, 1.54) is 0 Å². The molecule has 0 fully saturated rings. The van der Waals surface area contributed by atoms with E-state index in [0.29, 0.717) is 5.75 Å². The van der Waals surface area contributed by atoms with Gasteiger partial charge in [0.1, 0.15) is 0 Å². The zero-order valence-corrected chi connectivity index (χ0v) is 10.3. The average molecular weight is 245 g/mol. The van der Waals surface area contributed by atoms with Crippen LogP contribution in [0.4, 0.5) is 0 Å². The van der Waals surface area contributed by atoms with Crippen LogP contribution in [0.3, 0.4) is 0 Å². The predicted molar refractivity (Wildman–Crippen MR) is 71.8 cm³/mol. The molecule has 1 aromatic carbocycles. The molecule has 3 heteroatoms. The van der Waals surface area contributed by atoms with Gasteiger partial charge in [0.15, 0.2) is 0 Å². The molecule has 0 amide bonds. The van der Waals surface area contributed by atoms with Gasteiger partial charge in [-0.05, 0) is 24.3 Å². The van der Waals surface area contributed by atoms with Gasteiger partial charge >= 0.3 is 0 Å². The summed E-state index contributed by atoms with van der Waals surface area (Å²) >= 11 is 0. The molecule has 1 unspecified atom stereocenters. The van der Waals surface area contributed by atoms with E-state index in [1.54, 1.807) is 0 Å². The van der Waals surface area contributed by atoms with Crippen molar-refractivity contribution in [2.75, 3.05) is 12.3 Å². The minimum Gasteiger partial charge on any atom is -0.353 e. The van der Waals surface area contributed by atoms with Gasteiger partial charge < -0.3 is 4.90 Å². The summed E-state index contributed by atoms with van der Waals surface area (Å²) in [6.45, 7) is 0.760. The van der Waals surface area contributed by atoms with Gasteiger partial charge in [-0.3, -0.25) is 4.21 Å². The molecule has 1 aromatic rings. The lowest BCUT2D eigenvalue weighted by Crippen LogP contribution is -2.17. The molecule has 0 radical (unpaired) electrons. The summed E-state index contributed by atoms with van der Waals surface area (Å²) in [6, 6.07) is 9.59. The van der Waals surface area contributed by atoms with E-state index in [-0.39, 0.29) is 0 Å². The summed E-state index contributed by atoms with van der Waals surface area (Å²) in [6.07, 6.45) is 11.9. The van der Waals surface area contributed by atoms with Crippen LogP contribution in [0.25, 0.3) is 0 Å². The van der Waals surface area contributed by atoms with Crippen molar-refractivity contribution in [2.45, 2.75) is 4.90 Å². The first kappa shape index (κ1) is 11.9. The molecule has 0 N–H and O–H groups in total. The standard InChI is InChI=1S/C14H15NOS/c16-17(14-8-4-3-5-9-14)13-12-15-10-6-1-2-7-11-15/h1-11H,12-13H2. The van der Waals surface area contributed by atoms with Crippen molar-refractivity contribution in [1.82, 2.24) is 4.90 Å². The molecule has 17 heavy (non-hydrogen) atoms. The second-order valence-electron chi connectivity index (χ2n) is 3.67. The lowest BCUT2D eigenvalue weighted by molar-refractivity contribution is 0.538. The molecular formula is C14H15NOS. The smallest absolute Gasteiger partial charge is 0.0547 e. The van der Waals surface area contributed by atoms with Crippen LogP contribution in [-0.4, -0.2) is 21.4 Å². The Balaban J connectivity index is 1.88. The Kier molecular flexibility index (Phi) is 4.33. The van der Waals surface area contributed by atoms with Crippen LogP contribution in [0.2, 0.25) is 0 Å². The van der Waals surface area contributed by atoms with Crippen LogP contribution in [0.5, 0.6) is 0 Å². The van der Waals surface area contributed by atoms with Crippen LogP contribution >= 0.6 is 0 Å². The van der Waals surface area contributed by atoms with Gasteiger partial charge in [-0.2, -0.15) is 0 Å². The Morgan fingerprint density at radius 2 is 1.59 bits per heavy atom. The Morgan fingerprint density at radius 3 is 2.24 bits per heavy atom. The Morgan fingerprint density at radius 1 is 0.941 bits per heavy atom. The van der Waals surface area contributed by atoms with Crippen LogP contribution in [0.15, 0.2) is 71.9 Å². The zero-order chi connectivity index (χ0) is 11.9. The number of nitrogens with zero attached hydrogens (tertiary/aromatic N) is 1. The van der Waals surface area contributed by atoms with Crippen LogP contribution in [0.1, 0.15) is 0 Å². The summed E-state index contributed by atoms with van der Waals surface area (Å²) in [5, 5.41) is 0. The number of allylic oxidation sites excluding steroid dienone is 4. The third-order valence-corrected chi connectivity index (χ3v) is 3.78. The van der Waals surface area contributed by atoms with Gasteiger partial charge in [-0.1, -0.05) is 30.4 Å². The van der Waals surface area contributed by atoms with E-state index < -0.39 is 10.8 Å². The monoisotopic (exact) mass is 245 g/mol. The highest BCUT2D eigenvalue weighted by atomic mass is 32.2. The lowest BCUT2D eigenvalue weighted by Gasteiger charge is -2.14. The molecule has 0 bridgehead atoms. The molecule has 1 heterocycles. The van der Waals surface area contributed by atoms with E-state index in [2.05, 4.69) is 0 Å². The van der Waals surface area contributed by atoms with Crippen molar-refractivity contribution >= 4 is 10.8 Å². The summed E-state index contributed by atoms with van der Waals surface area (Å²) in [4.78, 5) is 2.94. The van der Waals surface area contributed by atoms with Gasteiger partial charge in [-0.15, -0.1) is 0 Å². The molecule has 0 aromatic heterocycles. The van der Waals surface area contributed by atoms with Gasteiger partial charge in [0.25, 0.3) is 0 Å². The first-order valence-corrected chi connectivity index (χ1v) is 6.89. The molecule has 1 aliphatic heterocycles. The quantitative estimate of drug-likeness (QED) is 0.813. The average Bonchev–Trinajstić information content (AvgIpc) is 2.65. The van der Waals surface area contributed by atoms with Gasteiger partial charge in [0, 0.05) is 29.6 Å². The highest BCUT2D eigenvalue weighted by Gasteiger charge is 2.04. The SMILES string of the molecule is O=S(CCN1C=CC=CC=C1)c1ccccc1. The summed E-state index contributed by atoms with van der Waals surface area (Å²) < 4.78 is 12.0. The highest BCUT2D eigenvalue weighted by Crippen LogP contribution is 2.06. The van der Waals surface area contributed by atoms with Gasteiger partial charge in [-0.25, -0.2) is 0 Å². The number of hydrogen-bond donors (Lipinski definition) is 0. The van der Waals surface area contributed by atoms with Crippen molar-refractivity contribution in [3.63, 3.8) is 0 Å². The lowest BCUT2D eigenvalue weighted by atomic mass is 10.4. The highest BCUT2D eigenvalue weighted by molar-refractivity contribution is 7.85. The first-order valence-electron chi connectivity index (χ1n) is 5.57. The molecular weight excluding hydrogens is 230 g/mol. The van der Waals surface area contributed by atoms with Gasteiger partial charge in [0.05, 0.1) is 10.8 Å². The second-order valence-corrected chi connectivity index (χ2v) is 5.24. The van der Waals surface area contributed by atoms with Gasteiger partial charge in [0.2, 0.25) is 0 Å². The van der Waals surface area contributed by atoms with E-state index >= 15 is 0 Å². The molecule has 88 valence electrons. The van der Waals surface area contributed by atoms with Crippen molar-refractivity contribution in [2.24, 2.45) is 0 Å². The van der Waals surface area contributed by atoms with Crippen LogP contribution < -0.4 is 0 Å². The molecule has 2 nitrogen and oxygen atoms in total. The fraction of sp³-hybridized carbons (Fsp3) is 0.143. The maximum atomic E-state index is 12.0. The van der Waals surface area contributed by atoms with Crippen LogP contribution in [0, 0.1) is 0 Å². The first-order chi connectivity index (χ1) is 8.36. The third-order valence-electron chi connectivity index (χ3n) is 2.43. The fourth-order valence-electron chi connectivity index (χ4n) is 1.53. The summed E-state index contributed by atoms with van der Waals surface area (Å²) in [7, 11) is -0.921. The zero-order valence-electron chi connectivity index (χ0n) is 9.53. The van der Waals surface area contributed by atoms with E-state index in [0.717, 1.165) is 11.4 Å². The molecule has 2 rings (SSSR count). The molecule has 1 atom stereocenters. The Bertz CT molecular complexity index is 446. The van der Waals surface area contributed by atoms with E-state index in [9.17, 15) is 4.21 Å². The normalized spacial score (nSPS) is 15.9. The summed E-state index contributed by atoms with van der Waals surface area (Å²) in [5.74, 6) is 0.638. The third kappa shape index (κ3) is 3.71. The molecule has 0 spiro atoms. The van der Waals surface area contributed by atoms with Crippen molar-refractivity contribution in [3.8, 4) is 0 Å². The maximum Gasteiger partial charge on any atom is 0.0547 e.